The lowest BCUT2D eigenvalue weighted by Crippen LogP contribution is -2.18. The first kappa shape index (κ1) is 18.2. The van der Waals surface area contributed by atoms with Gasteiger partial charge in [-0.25, -0.2) is 4.98 Å². The normalized spacial score (nSPS) is 12.9. The third-order valence-corrected chi connectivity index (χ3v) is 5.02. The van der Waals surface area contributed by atoms with Gasteiger partial charge in [-0.2, -0.15) is 0 Å². The maximum Gasteiger partial charge on any atom is 0.303 e. The molecule has 9 heteroatoms. The maximum absolute atomic E-state index is 13.0. The molecule has 1 aliphatic rings. The molecule has 2 aromatic heterocycles. The number of carboxylic acid groups (broad SMARTS) is 1. The Hall–Kier alpha value is -3.13. The second-order valence-electron chi connectivity index (χ2n) is 6.64. The Morgan fingerprint density at radius 2 is 2.04 bits per heavy atom. The SMILES string of the molecule is O=C(O)CCc1nc2c(C(=O)Nc3ccc(Cl)cc3)n3c(c2c(=O)[nH]1)CCC3. The molecule has 0 atom stereocenters. The smallest absolute Gasteiger partial charge is 0.303 e. The quantitative estimate of drug-likeness (QED) is 0.608. The van der Waals surface area contributed by atoms with Crippen molar-refractivity contribution >= 4 is 40.1 Å². The summed E-state index contributed by atoms with van der Waals surface area (Å²) in [6.45, 7) is 0.624. The van der Waals surface area contributed by atoms with Crippen molar-refractivity contribution in [3.8, 4) is 0 Å². The van der Waals surface area contributed by atoms with Crippen LogP contribution in [0.5, 0.6) is 0 Å². The number of carbonyl (C=O) groups excluding carboxylic acids is 1. The second-order valence-corrected chi connectivity index (χ2v) is 7.08. The zero-order valence-electron chi connectivity index (χ0n) is 14.8. The van der Waals surface area contributed by atoms with Crippen molar-refractivity contribution in [3.63, 3.8) is 0 Å². The molecule has 1 aromatic carbocycles. The summed E-state index contributed by atoms with van der Waals surface area (Å²) >= 11 is 5.88. The van der Waals surface area contributed by atoms with Gasteiger partial charge in [0.1, 0.15) is 17.0 Å². The van der Waals surface area contributed by atoms with Gasteiger partial charge >= 0.3 is 5.97 Å². The fourth-order valence-electron chi connectivity index (χ4n) is 3.57. The summed E-state index contributed by atoms with van der Waals surface area (Å²) in [5.41, 5.74) is 1.65. The second kappa shape index (κ2) is 7.12. The standard InChI is InChI=1S/C19H17ClN4O4/c20-10-3-5-11(6-4-10)21-19(28)17-16-15(12-2-1-9-24(12)17)18(27)23-13(22-16)7-8-14(25)26/h3-6H,1-2,7-9H2,(H,21,28)(H,25,26)(H,22,23,27). The van der Waals surface area contributed by atoms with Gasteiger partial charge in [-0.3, -0.25) is 14.4 Å². The van der Waals surface area contributed by atoms with Gasteiger partial charge in [0.25, 0.3) is 11.5 Å². The van der Waals surface area contributed by atoms with Gasteiger partial charge < -0.3 is 20.0 Å². The number of aromatic amines is 1. The van der Waals surface area contributed by atoms with E-state index in [1.54, 1.807) is 24.3 Å². The van der Waals surface area contributed by atoms with E-state index in [2.05, 4.69) is 15.3 Å². The number of fused-ring (bicyclic) bond motifs is 3. The first-order valence-electron chi connectivity index (χ1n) is 8.87. The molecule has 0 fully saturated rings. The van der Waals surface area contributed by atoms with Crippen LogP contribution in [-0.2, 0) is 24.2 Å². The Morgan fingerprint density at radius 3 is 2.75 bits per heavy atom. The first-order chi connectivity index (χ1) is 13.4. The van der Waals surface area contributed by atoms with Crippen LogP contribution in [0.25, 0.3) is 10.9 Å². The van der Waals surface area contributed by atoms with E-state index in [0.717, 1.165) is 12.1 Å². The Bertz CT molecular complexity index is 1150. The number of nitrogens with one attached hydrogen (secondary N) is 2. The van der Waals surface area contributed by atoms with Gasteiger partial charge in [-0.15, -0.1) is 0 Å². The van der Waals surface area contributed by atoms with E-state index >= 15 is 0 Å². The summed E-state index contributed by atoms with van der Waals surface area (Å²) in [5, 5.41) is 12.7. The summed E-state index contributed by atoms with van der Waals surface area (Å²) in [7, 11) is 0. The van der Waals surface area contributed by atoms with Crippen molar-refractivity contribution in [2.24, 2.45) is 0 Å². The number of anilines is 1. The van der Waals surface area contributed by atoms with Gasteiger partial charge in [-0.1, -0.05) is 11.6 Å². The number of benzene rings is 1. The summed E-state index contributed by atoms with van der Waals surface area (Å²) in [5.74, 6) is -1.10. The predicted molar refractivity (Wildman–Crippen MR) is 104 cm³/mol. The molecule has 28 heavy (non-hydrogen) atoms. The molecule has 4 rings (SSSR count). The van der Waals surface area contributed by atoms with Gasteiger partial charge in [0.05, 0.1) is 11.8 Å². The molecular weight excluding hydrogens is 384 g/mol. The zero-order valence-corrected chi connectivity index (χ0v) is 15.5. The van der Waals surface area contributed by atoms with E-state index in [1.165, 1.54) is 0 Å². The Kier molecular flexibility index (Phi) is 4.64. The van der Waals surface area contributed by atoms with Crippen molar-refractivity contribution in [3.05, 3.63) is 56.9 Å². The molecule has 0 saturated carbocycles. The van der Waals surface area contributed by atoms with Crippen LogP contribution in [0.4, 0.5) is 5.69 Å². The van der Waals surface area contributed by atoms with Gasteiger partial charge in [0, 0.05) is 29.4 Å². The number of aromatic nitrogens is 3. The van der Waals surface area contributed by atoms with Crippen LogP contribution >= 0.6 is 11.6 Å². The van der Waals surface area contributed by atoms with Crippen LogP contribution in [0, 0.1) is 0 Å². The van der Waals surface area contributed by atoms with Crippen LogP contribution < -0.4 is 10.9 Å². The number of carbonyl (C=O) groups is 2. The fraction of sp³-hybridized carbons (Fsp3) is 0.263. The monoisotopic (exact) mass is 400 g/mol. The van der Waals surface area contributed by atoms with Crippen LogP contribution in [-0.4, -0.2) is 31.5 Å². The number of aliphatic carboxylic acids is 1. The minimum absolute atomic E-state index is 0.0826. The highest BCUT2D eigenvalue weighted by atomic mass is 35.5. The maximum atomic E-state index is 13.0. The molecule has 0 bridgehead atoms. The molecule has 1 amide bonds. The lowest BCUT2D eigenvalue weighted by molar-refractivity contribution is -0.137. The van der Waals surface area contributed by atoms with Crippen LogP contribution in [0.1, 0.15) is 34.8 Å². The highest BCUT2D eigenvalue weighted by Crippen LogP contribution is 2.29. The molecule has 0 spiro atoms. The molecule has 8 nitrogen and oxygen atoms in total. The molecule has 0 aliphatic carbocycles. The minimum atomic E-state index is -0.983. The third kappa shape index (κ3) is 3.27. The molecule has 3 heterocycles. The summed E-state index contributed by atoms with van der Waals surface area (Å²) < 4.78 is 1.83. The Balaban J connectivity index is 1.79. The average Bonchev–Trinajstić information content (AvgIpc) is 3.21. The molecule has 3 aromatic rings. The van der Waals surface area contributed by atoms with E-state index in [1.807, 2.05) is 4.57 Å². The summed E-state index contributed by atoms with van der Waals surface area (Å²) in [6.07, 6.45) is 1.45. The van der Waals surface area contributed by atoms with Gasteiger partial charge in [0.2, 0.25) is 0 Å². The number of nitrogens with zero attached hydrogens (tertiary/aromatic N) is 2. The highest BCUT2D eigenvalue weighted by Gasteiger charge is 2.28. The largest absolute Gasteiger partial charge is 0.481 e. The minimum Gasteiger partial charge on any atom is -0.481 e. The van der Waals surface area contributed by atoms with Gasteiger partial charge in [-0.05, 0) is 37.1 Å². The molecule has 0 unspecified atom stereocenters. The fourth-order valence-corrected chi connectivity index (χ4v) is 3.69. The molecule has 144 valence electrons. The highest BCUT2D eigenvalue weighted by molar-refractivity contribution is 6.30. The summed E-state index contributed by atoms with van der Waals surface area (Å²) in [4.78, 5) is 43.6. The first-order valence-corrected chi connectivity index (χ1v) is 9.25. The predicted octanol–water partition coefficient (Wildman–Crippen LogP) is 2.59. The van der Waals surface area contributed by atoms with Gasteiger partial charge in [0.15, 0.2) is 0 Å². The van der Waals surface area contributed by atoms with Crippen LogP contribution in [0.2, 0.25) is 5.02 Å². The number of hydrogen-bond donors (Lipinski definition) is 3. The number of aryl methyl sites for hydroxylation is 2. The number of halogens is 1. The molecule has 1 aliphatic heterocycles. The number of carboxylic acids is 1. The number of amides is 1. The van der Waals surface area contributed by atoms with Crippen molar-refractivity contribution in [1.29, 1.82) is 0 Å². The molecule has 0 saturated heterocycles. The van der Waals surface area contributed by atoms with Crippen molar-refractivity contribution in [1.82, 2.24) is 14.5 Å². The number of H-pyrrole nitrogens is 1. The van der Waals surface area contributed by atoms with Crippen LogP contribution in [0.15, 0.2) is 29.1 Å². The van der Waals surface area contributed by atoms with E-state index in [0.29, 0.717) is 40.3 Å². The Morgan fingerprint density at radius 1 is 1.29 bits per heavy atom. The molecular formula is C19H17ClN4O4. The Labute approximate surface area is 164 Å². The molecule has 0 radical (unpaired) electrons. The summed E-state index contributed by atoms with van der Waals surface area (Å²) in [6, 6.07) is 6.72. The average molecular weight is 401 g/mol. The van der Waals surface area contributed by atoms with Crippen molar-refractivity contribution in [2.45, 2.75) is 32.2 Å². The lowest BCUT2D eigenvalue weighted by Gasteiger charge is -2.08. The van der Waals surface area contributed by atoms with E-state index in [4.69, 9.17) is 16.7 Å². The number of hydrogen-bond acceptors (Lipinski definition) is 4. The number of rotatable bonds is 5. The lowest BCUT2D eigenvalue weighted by atomic mass is 10.2. The topological polar surface area (TPSA) is 117 Å². The van der Waals surface area contributed by atoms with E-state index in [9.17, 15) is 14.4 Å². The van der Waals surface area contributed by atoms with Crippen molar-refractivity contribution < 1.29 is 14.7 Å². The third-order valence-electron chi connectivity index (χ3n) is 4.77. The molecule has 3 N–H and O–H groups in total. The zero-order chi connectivity index (χ0) is 19.8. The van der Waals surface area contributed by atoms with Crippen LogP contribution in [0.3, 0.4) is 0 Å². The van der Waals surface area contributed by atoms with E-state index in [-0.39, 0.29) is 30.1 Å². The van der Waals surface area contributed by atoms with E-state index < -0.39 is 5.97 Å². The van der Waals surface area contributed by atoms with Crippen molar-refractivity contribution in [2.75, 3.05) is 5.32 Å².